The summed E-state index contributed by atoms with van der Waals surface area (Å²) in [5, 5.41) is 0. The normalized spacial score (nSPS) is 22.1. The van der Waals surface area contributed by atoms with E-state index in [0.717, 1.165) is 24.0 Å². The molecule has 0 spiro atoms. The number of Topliss-reactive ketones (excluding diaryl/α,β-unsaturated/α-hetero) is 2. The summed E-state index contributed by atoms with van der Waals surface area (Å²) >= 11 is 0. The minimum absolute atomic E-state index is 0.0193. The molecule has 0 bridgehead atoms. The number of ketones is 2. The van der Waals surface area contributed by atoms with Gasteiger partial charge in [0, 0.05) is 30.2 Å². The molecule has 24 heavy (non-hydrogen) atoms. The Morgan fingerprint density at radius 3 is 2.33 bits per heavy atom. The Hall–Kier alpha value is -2.22. The van der Waals surface area contributed by atoms with Crippen LogP contribution in [0.2, 0.25) is 0 Å². The average molecular weight is 320 g/mol. The van der Waals surface area contributed by atoms with Crippen LogP contribution in [0.25, 0.3) is 0 Å². The molecule has 0 radical (unpaired) electrons. The first-order valence-electron chi connectivity index (χ1n) is 8.81. The van der Waals surface area contributed by atoms with Gasteiger partial charge in [-0.3, -0.25) is 9.59 Å². The molecule has 0 saturated heterocycles. The number of benzene rings is 2. The zero-order valence-electron chi connectivity index (χ0n) is 14.2. The van der Waals surface area contributed by atoms with Gasteiger partial charge in [0.15, 0.2) is 5.78 Å². The molecular formula is C22H24O2. The highest BCUT2D eigenvalue weighted by Gasteiger charge is 2.35. The van der Waals surface area contributed by atoms with Gasteiger partial charge >= 0.3 is 0 Å². The first-order valence-corrected chi connectivity index (χ1v) is 8.81. The van der Waals surface area contributed by atoms with Gasteiger partial charge < -0.3 is 0 Å². The van der Waals surface area contributed by atoms with Crippen LogP contribution < -0.4 is 0 Å². The highest BCUT2D eigenvalue weighted by molar-refractivity contribution is 5.97. The molecule has 124 valence electrons. The van der Waals surface area contributed by atoms with Crippen molar-refractivity contribution in [3.05, 3.63) is 71.8 Å². The van der Waals surface area contributed by atoms with Crippen LogP contribution in [0.3, 0.4) is 0 Å². The molecule has 2 aromatic rings. The van der Waals surface area contributed by atoms with Crippen LogP contribution in [0.1, 0.15) is 54.4 Å². The number of hydrogen-bond acceptors (Lipinski definition) is 2. The SMILES string of the molecule is CC1CCC(=O)[C@H]([C@@H](CC(=O)c2ccccc2)c2ccccc2)C1. The van der Waals surface area contributed by atoms with Crippen molar-refractivity contribution < 1.29 is 9.59 Å². The summed E-state index contributed by atoms with van der Waals surface area (Å²) in [6.45, 7) is 2.21. The molecule has 2 nitrogen and oxygen atoms in total. The Morgan fingerprint density at radius 2 is 1.67 bits per heavy atom. The summed E-state index contributed by atoms with van der Waals surface area (Å²) in [7, 11) is 0. The molecule has 0 N–H and O–H groups in total. The second-order valence-corrected chi connectivity index (χ2v) is 6.96. The maximum Gasteiger partial charge on any atom is 0.163 e. The van der Waals surface area contributed by atoms with Crippen molar-refractivity contribution in [2.24, 2.45) is 11.8 Å². The molecule has 0 heterocycles. The van der Waals surface area contributed by atoms with Crippen molar-refractivity contribution in [2.75, 3.05) is 0 Å². The van der Waals surface area contributed by atoms with E-state index >= 15 is 0 Å². The Bertz CT molecular complexity index is 690. The zero-order valence-corrected chi connectivity index (χ0v) is 14.2. The van der Waals surface area contributed by atoms with E-state index in [1.54, 1.807) is 0 Å². The Morgan fingerprint density at radius 1 is 1.04 bits per heavy atom. The van der Waals surface area contributed by atoms with Gasteiger partial charge in [0.2, 0.25) is 0 Å². The smallest absolute Gasteiger partial charge is 0.163 e. The fraction of sp³-hybridized carbons (Fsp3) is 0.364. The third kappa shape index (κ3) is 3.81. The Kier molecular flexibility index (Phi) is 5.24. The van der Waals surface area contributed by atoms with Crippen molar-refractivity contribution in [1.29, 1.82) is 0 Å². The summed E-state index contributed by atoms with van der Waals surface area (Å²) in [4.78, 5) is 25.3. The van der Waals surface area contributed by atoms with E-state index in [1.807, 2.05) is 48.5 Å². The molecule has 0 amide bonds. The molecule has 1 fully saturated rings. The summed E-state index contributed by atoms with van der Waals surface area (Å²) in [5.74, 6) is 0.932. The van der Waals surface area contributed by atoms with E-state index in [-0.39, 0.29) is 17.6 Å². The average Bonchev–Trinajstić information content (AvgIpc) is 2.63. The van der Waals surface area contributed by atoms with Crippen molar-refractivity contribution in [3.8, 4) is 0 Å². The zero-order chi connectivity index (χ0) is 16.9. The second kappa shape index (κ2) is 7.57. The largest absolute Gasteiger partial charge is 0.299 e. The molecule has 0 aliphatic heterocycles. The first-order chi connectivity index (χ1) is 11.6. The van der Waals surface area contributed by atoms with Gasteiger partial charge in [0.25, 0.3) is 0 Å². The van der Waals surface area contributed by atoms with Crippen molar-refractivity contribution >= 4 is 11.6 Å². The van der Waals surface area contributed by atoms with E-state index in [0.29, 0.717) is 24.5 Å². The van der Waals surface area contributed by atoms with Crippen LogP contribution in [0.5, 0.6) is 0 Å². The van der Waals surface area contributed by atoms with Crippen molar-refractivity contribution in [3.63, 3.8) is 0 Å². The lowest BCUT2D eigenvalue weighted by molar-refractivity contribution is -0.126. The molecule has 3 atom stereocenters. The molecule has 2 aromatic carbocycles. The number of hydrogen-bond donors (Lipinski definition) is 0. The lowest BCUT2D eigenvalue weighted by atomic mass is 9.70. The van der Waals surface area contributed by atoms with Gasteiger partial charge in [-0.1, -0.05) is 67.6 Å². The molecule has 3 rings (SSSR count). The standard InChI is InChI=1S/C22H24O2/c1-16-12-13-21(23)20(14-16)19(17-8-4-2-5-9-17)15-22(24)18-10-6-3-7-11-18/h2-11,16,19-20H,12-15H2,1H3/t16?,19-,20-/m0/s1. The van der Waals surface area contributed by atoms with Crippen LogP contribution in [-0.4, -0.2) is 11.6 Å². The van der Waals surface area contributed by atoms with Crippen molar-refractivity contribution in [2.45, 2.75) is 38.5 Å². The molecule has 1 aliphatic carbocycles. The van der Waals surface area contributed by atoms with E-state index in [4.69, 9.17) is 0 Å². The maximum atomic E-state index is 12.7. The van der Waals surface area contributed by atoms with Crippen LogP contribution in [0.15, 0.2) is 60.7 Å². The third-order valence-electron chi connectivity index (χ3n) is 5.17. The molecule has 0 aromatic heterocycles. The van der Waals surface area contributed by atoms with Gasteiger partial charge in [-0.2, -0.15) is 0 Å². The maximum absolute atomic E-state index is 12.7. The summed E-state index contributed by atoms with van der Waals surface area (Å²) in [6, 6.07) is 19.5. The van der Waals surface area contributed by atoms with E-state index in [1.165, 1.54) is 0 Å². The third-order valence-corrected chi connectivity index (χ3v) is 5.17. The second-order valence-electron chi connectivity index (χ2n) is 6.96. The van der Waals surface area contributed by atoms with Gasteiger partial charge in [-0.05, 0) is 24.3 Å². The first kappa shape index (κ1) is 16.6. The Balaban J connectivity index is 1.88. The van der Waals surface area contributed by atoms with E-state index in [2.05, 4.69) is 19.1 Å². The number of carbonyl (C=O) groups is 2. The highest BCUT2D eigenvalue weighted by atomic mass is 16.1. The van der Waals surface area contributed by atoms with E-state index < -0.39 is 0 Å². The fourth-order valence-corrected chi connectivity index (χ4v) is 3.78. The predicted molar refractivity (Wildman–Crippen MR) is 96.1 cm³/mol. The fourth-order valence-electron chi connectivity index (χ4n) is 3.78. The van der Waals surface area contributed by atoms with Gasteiger partial charge in [-0.25, -0.2) is 0 Å². The summed E-state index contributed by atoms with van der Waals surface area (Å²) in [5.41, 5.74) is 1.84. The lowest BCUT2D eigenvalue weighted by Gasteiger charge is -2.32. The topological polar surface area (TPSA) is 34.1 Å². The quantitative estimate of drug-likeness (QED) is 0.723. The van der Waals surface area contributed by atoms with Gasteiger partial charge in [0.1, 0.15) is 5.78 Å². The monoisotopic (exact) mass is 320 g/mol. The lowest BCUT2D eigenvalue weighted by Crippen LogP contribution is -2.30. The number of rotatable bonds is 5. The minimum atomic E-state index is -0.0381. The molecule has 2 heteroatoms. The molecule has 1 saturated carbocycles. The minimum Gasteiger partial charge on any atom is -0.299 e. The van der Waals surface area contributed by atoms with Crippen LogP contribution in [0, 0.1) is 11.8 Å². The van der Waals surface area contributed by atoms with Gasteiger partial charge in [-0.15, -0.1) is 0 Å². The van der Waals surface area contributed by atoms with E-state index in [9.17, 15) is 9.59 Å². The summed E-state index contributed by atoms with van der Waals surface area (Å²) in [6.07, 6.45) is 2.91. The van der Waals surface area contributed by atoms with Crippen LogP contribution in [-0.2, 0) is 4.79 Å². The summed E-state index contributed by atoms with van der Waals surface area (Å²) < 4.78 is 0. The molecule has 1 aliphatic rings. The van der Waals surface area contributed by atoms with Crippen LogP contribution in [0.4, 0.5) is 0 Å². The van der Waals surface area contributed by atoms with Gasteiger partial charge in [0.05, 0.1) is 0 Å². The molecular weight excluding hydrogens is 296 g/mol. The van der Waals surface area contributed by atoms with Crippen molar-refractivity contribution in [1.82, 2.24) is 0 Å². The molecule has 1 unspecified atom stereocenters. The highest BCUT2D eigenvalue weighted by Crippen LogP contribution is 2.39. The Labute approximate surface area is 143 Å². The van der Waals surface area contributed by atoms with Crippen LogP contribution >= 0.6 is 0 Å². The number of carbonyl (C=O) groups excluding carboxylic acids is 2. The predicted octanol–water partition coefficient (Wildman–Crippen LogP) is 5.05.